The second kappa shape index (κ2) is 14.4. The highest BCUT2D eigenvalue weighted by Crippen LogP contribution is 2.19. The van der Waals surface area contributed by atoms with Crippen LogP contribution in [0.5, 0.6) is 0 Å². The summed E-state index contributed by atoms with van der Waals surface area (Å²) in [5.41, 5.74) is 1.56. The predicted molar refractivity (Wildman–Crippen MR) is 140 cm³/mol. The number of nitrogens with one attached hydrogen (secondary N) is 5. The summed E-state index contributed by atoms with van der Waals surface area (Å²) in [7, 11) is 0. The normalized spacial score (nSPS) is 13.1. The number of rotatable bonds is 15. The number of carbonyl (C=O) groups is 6. The van der Waals surface area contributed by atoms with Crippen LogP contribution in [-0.2, 0) is 39.9 Å². The minimum absolute atomic E-state index is 0.0749. The zero-order valence-corrected chi connectivity index (χ0v) is 21.9. The summed E-state index contributed by atoms with van der Waals surface area (Å²) in [6.07, 6.45) is 0.476. The second-order valence-corrected chi connectivity index (χ2v) is 9.17. The number of hydrogen-bond donors (Lipinski definition) is 6. The molecule has 0 aliphatic heterocycles. The lowest BCUT2D eigenvalue weighted by molar-refractivity contribution is -0.155. The zero-order chi connectivity index (χ0) is 29.1. The first kappa shape index (κ1) is 30.7. The van der Waals surface area contributed by atoms with E-state index in [0.29, 0.717) is 6.21 Å². The highest BCUT2D eigenvalue weighted by molar-refractivity contribution is 6.26. The molecule has 39 heavy (non-hydrogen) atoms. The highest BCUT2D eigenvalue weighted by atomic mass is 16.5. The van der Waals surface area contributed by atoms with Crippen LogP contribution in [0.4, 0.5) is 0 Å². The molecule has 2 aromatic rings. The average molecular weight is 544 g/mol. The van der Waals surface area contributed by atoms with Gasteiger partial charge in [-0.2, -0.15) is 0 Å². The van der Waals surface area contributed by atoms with Crippen molar-refractivity contribution in [1.29, 1.82) is 5.41 Å². The van der Waals surface area contributed by atoms with Crippen molar-refractivity contribution in [1.82, 2.24) is 20.9 Å². The maximum atomic E-state index is 13.3. The summed E-state index contributed by atoms with van der Waals surface area (Å²) in [6, 6.07) is 3.33. The van der Waals surface area contributed by atoms with Crippen LogP contribution < -0.4 is 16.0 Å². The molecule has 0 radical (unpaired) electrons. The Hall–Kier alpha value is -4.55. The van der Waals surface area contributed by atoms with Crippen LogP contribution in [0.15, 0.2) is 30.5 Å². The average Bonchev–Trinajstić information content (AvgIpc) is 3.27. The van der Waals surface area contributed by atoms with Crippen LogP contribution in [0.1, 0.15) is 45.6 Å². The number of aromatic nitrogens is 1. The number of fused-ring (bicyclic) bond motifs is 1. The van der Waals surface area contributed by atoms with Gasteiger partial charge in [0.05, 0.1) is 18.7 Å². The first-order chi connectivity index (χ1) is 18.4. The maximum absolute atomic E-state index is 13.3. The van der Waals surface area contributed by atoms with E-state index < -0.39 is 66.1 Å². The SMILES string of the molecule is CC(=O)N[C@@H](Cc1c[nH]c2ccccc12)C(=O)N[C@@H](CCC(=O)C=N)C(=O)N[C@@H](CC(=O)O)C(=O)OC(C)C. The molecule has 210 valence electrons. The number of carbonyl (C=O) groups excluding carboxylic acids is 5. The molecule has 0 fully saturated rings. The molecular formula is C26H33N5O8. The summed E-state index contributed by atoms with van der Waals surface area (Å²) in [4.78, 5) is 76.7. The minimum Gasteiger partial charge on any atom is -0.481 e. The fourth-order valence-electron chi connectivity index (χ4n) is 3.83. The first-order valence-corrected chi connectivity index (χ1v) is 12.3. The molecule has 2 rings (SSSR count). The van der Waals surface area contributed by atoms with Crippen molar-refractivity contribution in [3.63, 3.8) is 0 Å². The van der Waals surface area contributed by atoms with E-state index >= 15 is 0 Å². The maximum Gasteiger partial charge on any atom is 0.329 e. The molecule has 3 atom stereocenters. The van der Waals surface area contributed by atoms with Crippen molar-refractivity contribution in [3.8, 4) is 0 Å². The van der Waals surface area contributed by atoms with Crippen molar-refractivity contribution in [3.05, 3.63) is 36.0 Å². The van der Waals surface area contributed by atoms with Gasteiger partial charge in [-0.05, 0) is 31.9 Å². The predicted octanol–water partition coefficient (Wildman–Crippen LogP) is 0.610. The molecule has 0 saturated heterocycles. The van der Waals surface area contributed by atoms with Gasteiger partial charge in [-0.1, -0.05) is 18.2 Å². The van der Waals surface area contributed by atoms with Crippen LogP contribution in [-0.4, -0.2) is 76.0 Å². The van der Waals surface area contributed by atoms with Gasteiger partial charge in [0.2, 0.25) is 17.7 Å². The van der Waals surface area contributed by atoms with Gasteiger partial charge in [0, 0.05) is 36.9 Å². The lowest BCUT2D eigenvalue weighted by atomic mass is 10.0. The monoisotopic (exact) mass is 543 g/mol. The molecule has 0 aliphatic rings. The number of benzene rings is 1. The number of para-hydroxylation sites is 1. The lowest BCUT2D eigenvalue weighted by Gasteiger charge is -2.24. The van der Waals surface area contributed by atoms with E-state index in [1.54, 1.807) is 20.0 Å². The second-order valence-electron chi connectivity index (χ2n) is 9.17. The summed E-state index contributed by atoms with van der Waals surface area (Å²) in [5, 5.41) is 24.5. The van der Waals surface area contributed by atoms with Gasteiger partial charge in [-0.15, -0.1) is 0 Å². The molecule has 1 heterocycles. The molecular weight excluding hydrogens is 510 g/mol. The Balaban J connectivity index is 2.27. The van der Waals surface area contributed by atoms with Crippen molar-refractivity contribution < 1.29 is 38.6 Å². The summed E-state index contributed by atoms with van der Waals surface area (Å²) in [6.45, 7) is 4.35. The molecule has 1 aromatic carbocycles. The van der Waals surface area contributed by atoms with E-state index in [0.717, 1.165) is 16.5 Å². The number of Topliss-reactive ketones (excluding diaryl/α,β-unsaturated/α-hetero) is 1. The molecule has 6 N–H and O–H groups in total. The van der Waals surface area contributed by atoms with E-state index in [1.807, 2.05) is 24.3 Å². The van der Waals surface area contributed by atoms with Gasteiger partial charge in [0.25, 0.3) is 0 Å². The zero-order valence-electron chi connectivity index (χ0n) is 21.9. The Kier molecular flexibility index (Phi) is 11.3. The Morgan fingerprint density at radius 1 is 1.00 bits per heavy atom. The van der Waals surface area contributed by atoms with Crippen molar-refractivity contribution in [2.75, 3.05) is 0 Å². The molecule has 13 nitrogen and oxygen atoms in total. The van der Waals surface area contributed by atoms with Gasteiger partial charge in [-0.25, -0.2) is 4.79 Å². The fourth-order valence-corrected chi connectivity index (χ4v) is 3.83. The molecule has 3 amide bonds. The molecule has 0 unspecified atom stereocenters. The largest absolute Gasteiger partial charge is 0.481 e. The highest BCUT2D eigenvalue weighted by Gasteiger charge is 2.32. The summed E-state index contributed by atoms with van der Waals surface area (Å²) in [5.74, 6) is -5.12. The van der Waals surface area contributed by atoms with Crippen molar-refractivity contribution >= 4 is 52.6 Å². The number of amides is 3. The van der Waals surface area contributed by atoms with Crippen molar-refractivity contribution in [2.45, 2.75) is 70.7 Å². The topological polar surface area (TPSA) is 208 Å². The number of hydrogen-bond acceptors (Lipinski definition) is 8. The number of ether oxygens (including phenoxy) is 1. The third kappa shape index (κ3) is 9.68. The van der Waals surface area contributed by atoms with Gasteiger partial charge < -0.3 is 36.2 Å². The Morgan fingerprint density at radius 2 is 1.64 bits per heavy atom. The molecule has 1 aromatic heterocycles. The number of H-pyrrole nitrogens is 1. The number of carboxylic acids is 1. The summed E-state index contributed by atoms with van der Waals surface area (Å²) < 4.78 is 5.03. The van der Waals surface area contributed by atoms with Crippen LogP contribution in [0.2, 0.25) is 0 Å². The number of esters is 1. The summed E-state index contributed by atoms with van der Waals surface area (Å²) >= 11 is 0. The van der Waals surface area contributed by atoms with Crippen LogP contribution in [0.3, 0.4) is 0 Å². The lowest BCUT2D eigenvalue weighted by Crippen LogP contribution is -2.56. The third-order valence-electron chi connectivity index (χ3n) is 5.60. The van der Waals surface area contributed by atoms with E-state index in [4.69, 9.17) is 10.1 Å². The van der Waals surface area contributed by atoms with E-state index in [-0.39, 0.29) is 19.3 Å². The fraction of sp³-hybridized carbons (Fsp3) is 0.423. The number of carboxylic acid groups (broad SMARTS) is 1. The van der Waals surface area contributed by atoms with E-state index in [9.17, 15) is 33.9 Å². The van der Waals surface area contributed by atoms with Crippen LogP contribution >= 0.6 is 0 Å². The molecule has 0 aliphatic carbocycles. The van der Waals surface area contributed by atoms with Gasteiger partial charge >= 0.3 is 11.9 Å². The number of aromatic amines is 1. The van der Waals surface area contributed by atoms with E-state index in [2.05, 4.69) is 20.9 Å². The molecule has 0 bridgehead atoms. The Labute approximate surface area is 224 Å². The Morgan fingerprint density at radius 3 is 2.26 bits per heavy atom. The van der Waals surface area contributed by atoms with Gasteiger partial charge in [-0.3, -0.25) is 24.0 Å². The standard InChI is InChI=1S/C26H33N5O8/c1-14(2)39-26(38)22(11-23(34)35)31-24(36)20(9-8-17(33)12-27)30-25(37)21(29-15(3)32)10-16-13-28-19-7-5-4-6-18(16)19/h4-7,12-14,20-22,27-28H,8-11H2,1-3H3,(H,29,32)(H,30,37)(H,31,36)(H,34,35)/t20-,21-,22-/m0/s1. The molecule has 0 saturated carbocycles. The smallest absolute Gasteiger partial charge is 0.329 e. The number of aliphatic carboxylic acids is 1. The van der Waals surface area contributed by atoms with Gasteiger partial charge in [0.15, 0.2) is 5.78 Å². The van der Waals surface area contributed by atoms with E-state index in [1.165, 1.54) is 6.92 Å². The quantitative estimate of drug-likeness (QED) is 0.138. The minimum atomic E-state index is -1.55. The third-order valence-corrected chi connectivity index (χ3v) is 5.60. The molecule has 0 spiro atoms. The van der Waals surface area contributed by atoms with Crippen LogP contribution in [0.25, 0.3) is 10.9 Å². The molecule has 13 heteroatoms. The first-order valence-electron chi connectivity index (χ1n) is 12.3. The number of ketones is 1. The van der Waals surface area contributed by atoms with Crippen molar-refractivity contribution in [2.24, 2.45) is 0 Å². The Bertz CT molecular complexity index is 1240. The van der Waals surface area contributed by atoms with Gasteiger partial charge in [0.1, 0.15) is 18.1 Å². The van der Waals surface area contributed by atoms with Crippen LogP contribution in [0, 0.1) is 5.41 Å².